The fraction of sp³-hybridized carbons (Fsp3) is 0.700. The molecule has 0 unspecified atom stereocenters. The Morgan fingerprint density at radius 1 is 1.00 bits per heavy atom. The van der Waals surface area contributed by atoms with E-state index in [1.165, 1.54) is 57.4 Å². The molecule has 4 heterocycles. The smallest absolute Gasteiger partial charge is 0.218 e. The lowest BCUT2D eigenvalue weighted by atomic mass is 10.2. The predicted octanol–water partition coefficient (Wildman–Crippen LogP) is 2.52. The van der Waals surface area contributed by atoms with Crippen LogP contribution in [0.5, 0.6) is 0 Å². The fourth-order valence-corrected chi connectivity index (χ4v) is 4.85. The van der Waals surface area contributed by atoms with Crippen LogP contribution in [0.3, 0.4) is 0 Å². The lowest BCUT2D eigenvalue weighted by Crippen LogP contribution is -2.36. The number of rotatable bonds is 8. The highest BCUT2D eigenvalue weighted by Gasteiger charge is 2.17. The number of hydrogen-bond acceptors (Lipinski definition) is 7. The highest BCUT2D eigenvalue weighted by atomic mass is 32.1. The molecule has 154 valence electrons. The molecule has 2 saturated heterocycles. The lowest BCUT2D eigenvalue weighted by Gasteiger charge is -2.25. The van der Waals surface area contributed by atoms with Gasteiger partial charge in [0.2, 0.25) is 10.3 Å². The predicted molar refractivity (Wildman–Crippen MR) is 113 cm³/mol. The number of morpholine rings is 1. The first-order valence-electron chi connectivity index (χ1n) is 10.7. The Morgan fingerprint density at radius 3 is 2.61 bits per heavy atom. The molecule has 8 heteroatoms. The maximum Gasteiger partial charge on any atom is 0.218 e. The van der Waals surface area contributed by atoms with E-state index >= 15 is 0 Å². The average molecular weight is 405 g/mol. The van der Waals surface area contributed by atoms with E-state index < -0.39 is 0 Å². The van der Waals surface area contributed by atoms with E-state index in [9.17, 15) is 0 Å². The van der Waals surface area contributed by atoms with E-state index in [0.717, 1.165) is 49.7 Å². The molecule has 0 atom stereocenters. The van der Waals surface area contributed by atoms with E-state index in [2.05, 4.69) is 48.2 Å². The lowest BCUT2D eigenvalue weighted by molar-refractivity contribution is 0.122. The Morgan fingerprint density at radius 2 is 1.79 bits per heavy atom. The fourth-order valence-electron chi connectivity index (χ4n) is 3.94. The van der Waals surface area contributed by atoms with Crippen molar-refractivity contribution >= 4 is 16.5 Å². The van der Waals surface area contributed by atoms with Crippen molar-refractivity contribution in [1.82, 2.24) is 25.0 Å². The Labute approximate surface area is 171 Å². The van der Waals surface area contributed by atoms with Crippen molar-refractivity contribution in [1.29, 1.82) is 0 Å². The monoisotopic (exact) mass is 404 g/mol. The van der Waals surface area contributed by atoms with Gasteiger partial charge < -0.3 is 19.9 Å². The third-order valence-electron chi connectivity index (χ3n) is 5.56. The van der Waals surface area contributed by atoms with Gasteiger partial charge in [-0.05, 0) is 57.6 Å². The molecule has 0 spiro atoms. The largest absolute Gasteiger partial charge is 0.378 e. The molecule has 2 fully saturated rings. The van der Waals surface area contributed by atoms with Gasteiger partial charge in [0.05, 0.1) is 13.2 Å². The van der Waals surface area contributed by atoms with Crippen LogP contribution in [0.4, 0.5) is 5.13 Å². The molecule has 0 saturated carbocycles. The van der Waals surface area contributed by atoms with Crippen molar-refractivity contribution in [3.8, 4) is 5.13 Å². The Hall–Kier alpha value is -1.48. The van der Waals surface area contributed by atoms with Gasteiger partial charge in [-0.25, -0.2) is 0 Å². The molecule has 0 radical (unpaired) electrons. The minimum absolute atomic E-state index is 0.769. The zero-order chi connectivity index (χ0) is 19.0. The standard InChI is InChI=1S/C20H32N6OS/c1-2-4-10-24(9-3-1)11-6-8-21-17-18-7-5-12-26(18)20-23-22-19(28-20)25-13-15-27-16-14-25/h5,7,12,21H,1-4,6,8-11,13-17H2. The summed E-state index contributed by atoms with van der Waals surface area (Å²) in [5.74, 6) is 0. The molecule has 7 nitrogen and oxygen atoms in total. The van der Waals surface area contributed by atoms with Gasteiger partial charge in [-0.3, -0.25) is 4.57 Å². The molecule has 2 aromatic heterocycles. The van der Waals surface area contributed by atoms with Crippen LogP contribution in [0.25, 0.3) is 5.13 Å². The van der Waals surface area contributed by atoms with Gasteiger partial charge >= 0.3 is 0 Å². The highest BCUT2D eigenvalue weighted by Crippen LogP contribution is 2.25. The molecule has 4 rings (SSSR count). The third-order valence-corrected chi connectivity index (χ3v) is 6.54. The van der Waals surface area contributed by atoms with Gasteiger partial charge in [0.15, 0.2) is 0 Å². The van der Waals surface area contributed by atoms with E-state index in [1.54, 1.807) is 11.3 Å². The number of anilines is 1. The molecule has 2 aromatic rings. The summed E-state index contributed by atoms with van der Waals surface area (Å²) < 4.78 is 7.58. The number of nitrogens with one attached hydrogen (secondary N) is 1. The summed E-state index contributed by atoms with van der Waals surface area (Å²) in [6, 6.07) is 4.25. The van der Waals surface area contributed by atoms with Crippen LogP contribution in [0, 0.1) is 0 Å². The van der Waals surface area contributed by atoms with Crippen LogP contribution in [0.1, 0.15) is 37.8 Å². The number of ether oxygens (including phenoxy) is 1. The molecule has 0 bridgehead atoms. The zero-order valence-electron chi connectivity index (χ0n) is 16.7. The molecular formula is C20H32N6OS. The highest BCUT2D eigenvalue weighted by molar-refractivity contribution is 7.17. The minimum Gasteiger partial charge on any atom is -0.378 e. The number of likely N-dealkylation sites (tertiary alicyclic amines) is 1. The van der Waals surface area contributed by atoms with Crippen LogP contribution >= 0.6 is 11.3 Å². The summed E-state index contributed by atoms with van der Waals surface area (Å²) in [4.78, 5) is 4.89. The maximum absolute atomic E-state index is 5.43. The quantitative estimate of drug-likeness (QED) is 0.683. The van der Waals surface area contributed by atoms with Crippen LogP contribution in [0.2, 0.25) is 0 Å². The number of aromatic nitrogens is 3. The van der Waals surface area contributed by atoms with Crippen LogP contribution in [-0.2, 0) is 11.3 Å². The first-order chi connectivity index (χ1) is 13.9. The summed E-state index contributed by atoms with van der Waals surface area (Å²) in [6.07, 6.45) is 8.85. The summed E-state index contributed by atoms with van der Waals surface area (Å²) in [7, 11) is 0. The SMILES string of the molecule is c1cc(CNCCCN2CCCCCC2)n(-c2nnc(N3CCOCC3)s2)c1. The van der Waals surface area contributed by atoms with E-state index in [0.29, 0.717) is 0 Å². The van der Waals surface area contributed by atoms with Gasteiger partial charge in [-0.1, -0.05) is 24.2 Å². The van der Waals surface area contributed by atoms with E-state index in [4.69, 9.17) is 4.74 Å². The number of hydrogen-bond donors (Lipinski definition) is 1. The first-order valence-corrected chi connectivity index (χ1v) is 11.5. The molecule has 2 aliphatic heterocycles. The Balaban J connectivity index is 1.24. The first kappa shape index (κ1) is 19.8. The van der Waals surface area contributed by atoms with Crippen molar-refractivity contribution in [2.45, 2.75) is 38.6 Å². The summed E-state index contributed by atoms with van der Waals surface area (Å²) in [5.41, 5.74) is 1.24. The van der Waals surface area contributed by atoms with Crippen LogP contribution < -0.4 is 10.2 Å². The maximum atomic E-state index is 5.43. The third kappa shape index (κ3) is 5.31. The van der Waals surface area contributed by atoms with Crippen molar-refractivity contribution in [2.24, 2.45) is 0 Å². The topological polar surface area (TPSA) is 58.5 Å². The molecule has 28 heavy (non-hydrogen) atoms. The van der Waals surface area contributed by atoms with Crippen LogP contribution in [0.15, 0.2) is 18.3 Å². The van der Waals surface area contributed by atoms with Gasteiger partial charge in [0.1, 0.15) is 0 Å². The van der Waals surface area contributed by atoms with Gasteiger partial charge in [0.25, 0.3) is 0 Å². The molecule has 1 N–H and O–H groups in total. The van der Waals surface area contributed by atoms with E-state index in [-0.39, 0.29) is 0 Å². The average Bonchev–Trinajstić information content (AvgIpc) is 3.32. The van der Waals surface area contributed by atoms with Crippen molar-refractivity contribution in [3.63, 3.8) is 0 Å². The normalized spacial score (nSPS) is 19.1. The zero-order valence-corrected chi connectivity index (χ0v) is 17.5. The van der Waals surface area contributed by atoms with Crippen LogP contribution in [-0.4, -0.2) is 72.1 Å². The second-order valence-electron chi connectivity index (χ2n) is 7.62. The summed E-state index contributed by atoms with van der Waals surface area (Å²) in [5, 5.41) is 14.4. The molecule has 0 aromatic carbocycles. The van der Waals surface area contributed by atoms with E-state index in [1.807, 2.05) is 0 Å². The molecular weight excluding hydrogens is 372 g/mol. The Bertz CT molecular complexity index is 703. The van der Waals surface area contributed by atoms with Gasteiger partial charge in [-0.15, -0.1) is 10.2 Å². The Kier molecular flexibility index (Phi) is 7.32. The van der Waals surface area contributed by atoms with Crippen molar-refractivity contribution in [2.75, 3.05) is 57.4 Å². The van der Waals surface area contributed by atoms with Gasteiger partial charge in [0, 0.05) is 31.5 Å². The van der Waals surface area contributed by atoms with Crippen molar-refractivity contribution in [3.05, 3.63) is 24.0 Å². The summed E-state index contributed by atoms with van der Waals surface area (Å²) in [6.45, 7) is 9.02. The van der Waals surface area contributed by atoms with Gasteiger partial charge in [-0.2, -0.15) is 0 Å². The summed E-state index contributed by atoms with van der Waals surface area (Å²) >= 11 is 1.65. The minimum atomic E-state index is 0.769. The second-order valence-corrected chi connectivity index (χ2v) is 8.56. The van der Waals surface area contributed by atoms with Crippen molar-refractivity contribution < 1.29 is 4.74 Å². The molecule has 0 aliphatic carbocycles. The molecule has 0 amide bonds. The second kappa shape index (κ2) is 10.3. The molecule has 2 aliphatic rings. The number of nitrogens with zero attached hydrogens (tertiary/aromatic N) is 5.